The standard InChI is InChI=1S/C14H19F4NO/c1-9(2)3-13(8-20)19-7-10-4-11(14(16,17)18)6-12(15)5-10/h4-6,9,13,19-20H,3,7-8H2,1-2H3. The summed E-state index contributed by atoms with van der Waals surface area (Å²) in [5, 5.41) is 12.1. The topological polar surface area (TPSA) is 32.3 Å². The fourth-order valence-corrected chi connectivity index (χ4v) is 1.97. The Morgan fingerprint density at radius 1 is 1.20 bits per heavy atom. The molecule has 1 aromatic rings. The Kier molecular flexibility index (Phi) is 5.95. The third kappa shape index (κ3) is 5.46. The highest BCUT2D eigenvalue weighted by atomic mass is 19.4. The first-order chi connectivity index (χ1) is 9.22. The van der Waals surface area contributed by atoms with Crippen molar-refractivity contribution >= 4 is 0 Å². The molecule has 1 unspecified atom stereocenters. The predicted molar refractivity (Wildman–Crippen MR) is 68.6 cm³/mol. The van der Waals surface area contributed by atoms with Gasteiger partial charge in [-0.3, -0.25) is 0 Å². The maximum Gasteiger partial charge on any atom is 0.416 e. The second-order valence-corrected chi connectivity index (χ2v) is 5.24. The van der Waals surface area contributed by atoms with Gasteiger partial charge in [0.2, 0.25) is 0 Å². The van der Waals surface area contributed by atoms with E-state index in [4.69, 9.17) is 0 Å². The Bertz CT molecular complexity index is 432. The lowest BCUT2D eigenvalue weighted by molar-refractivity contribution is -0.137. The normalized spacial score (nSPS) is 13.8. The van der Waals surface area contributed by atoms with Crippen molar-refractivity contribution in [3.8, 4) is 0 Å². The minimum Gasteiger partial charge on any atom is -0.395 e. The Hall–Kier alpha value is -1.14. The molecule has 0 heterocycles. The summed E-state index contributed by atoms with van der Waals surface area (Å²) in [6, 6.07) is 2.24. The van der Waals surface area contributed by atoms with E-state index in [0.29, 0.717) is 18.4 Å². The zero-order valence-corrected chi connectivity index (χ0v) is 11.5. The van der Waals surface area contributed by atoms with Gasteiger partial charge >= 0.3 is 6.18 Å². The number of alkyl halides is 3. The Balaban J connectivity index is 2.75. The summed E-state index contributed by atoms with van der Waals surface area (Å²) in [5.41, 5.74) is -0.793. The van der Waals surface area contributed by atoms with E-state index >= 15 is 0 Å². The van der Waals surface area contributed by atoms with Gasteiger partial charge in [-0.25, -0.2) is 4.39 Å². The van der Waals surface area contributed by atoms with Crippen molar-refractivity contribution in [3.05, 3.63) is 35.1 Å². The van der Waals surface area contributed by atoms with E-state index in [9.17, 15) is 22.7 Å². The molecular weight excluding hydrogens is 274 g/mol. The van der Waals surface area contributed by atoms with Crippen LogP contribution in [-0.4, -0.2) is 17.8 Å². The SMILES string of the molecule is CC(C)CC(CO)NCc1cc(F)cc(C(F)(F)F)c1. The zero-order chi connectivity index (χ0) is 15.3. The molecule has 0 aliphatic rings. The Morgan fingerprint density at radius 3 is 2.35 bits per heavy atom. The lowest BCUT2D eigenvalue weighted by Crippen LogP contribution is -2.33. The van der Waals surface area contributed by atoms with Gasteiger partial charge in [0.05, 0.1) is 12.2 Å². The molecule has 0 aromatic heterocycles. The van der Waals surface area contributed by atoms with E-state index in [2.05, 4.69) is 5.32 Å². The van der Waals surface area contributed by atoms with Gasteiger partial charge in [0, 0.05) is 12.6 Å². The summed E-state index contributed by atoms with van der Waals surface area (Å²) in [4.78, 5) is 0. The van der Waals surface area contributed by atoms with Crippen LogP contribution in [0.25, 0.3) is 0 Å². The highest BCUT2D eigenvalue weighted by Crippen LogP contribution is 2.30. The summed E-state index contributed by atoms with van der Waals surface area (Å²) < 4.78 is 50.9. The van der Waals surface area contributed by atoms with Crippen LogP contribution in [0.15, 0.2) is 18.2 Å². The maximum atomic E-state index is 13.2. The van der Waals surface area contributed by atoms with Gasteiger partial charge in [0.1, 0.15) is 5.82 Å². The first-order valence-electron chi connectivity index (χ1n) is 6.43. The van der Waals surface area contributed by atoms with E-state index < -0.39 is 17.6 Å². The van der Waals surface area contributed by atoms with Crippen molar-refractivity contribution < 1.29 is 22.7 Å². The molecule has 0 fully saturated rings. The third-order valence-electron chi connectivity index (χ3n) is 2.86. The molecule has 2 N–H and O–H groups in total. The predicted octanol–water partition coefficient (Wildman–Crippen LogP) is 3.34. The summed E-state index contributed by atoms with van der Waals surface area (Å²) in [7, 11) is 0. The molecule has 0 aliphatic heterocycles. The van der Waals surface area contributed by atoms with E-state index in [1.165, 1.54) is 0 Å². The van der Waals surface area contributed by atoms with Crippen LogP contribution in [0.1, 0.15) is 31.4 Å². The molecule has 1 atom stereocenters. The lowest BCUT2D eigenvalue weighted by atomic mass is 10.0. The van der Waals surface area contributed by atoms with Crippen LogP contribution in [0.2, 0.25) is 0 Å². The van der Waals surface area contributed by atoms with Crippen LogP contribution in [0.4, 0.5) is 17.6 Å². The van der Waals surface area contributed by atoms with Crippen LogP contribution < -0.4 is 5.32 Å². The van der Waals surface area contributed by atoms with Gasteiger partial charge < -0.3 is 10.4 Å². The molecule has 0 saturated carbocycles. The van der Waals surface area contributed by atoms with Crippen molar-refractivity contribution in [2.24, 2.45) is 5.92 Å². The third-order valence-corrected chi connectivity index (χ3v) is 2.86. The Morgan fingerprint density at radius 2 is 1.85 bits per heavy atom. The average molecular weight is 293 g/mol. The molecule has 114 valence electrons. The quantitative estimate of drug-likeness (QED) is 0.788. The van der Waals surface area contributed by atoms with Crippen LogP contribution in [0.5, 0.6) is 0 Å². The van der Waals surface area contributed by atoms with Gasteiger partial charge in [-0.1, -0.05) is 13.8 Å². The summed E-state index contributed by atoms with van der Waals surface area (Å²) in [6.07, 6.45) is -3.87. The Labute approximate surface area is 115 Å². The maximum absolute atomic E-state index is 13.2. The zero-order valence-electron chi connectivity index (χ0n) is 11.5. The molecule has 0 radical (unpaired) electrons. The second kappa shape index (κ2) is 7.04. The molecule has 1 aromatic carbocycles. The number of aliphatic hydroxyl groups excluding tert-OH is 1. The number of hydrogen-bond acceptors (Lipinski definition) is 2. The van der Waals surface area contributed by atoms with Gasteiger partial charge in [0.25, 0.3) is 0 Å². The first-order valence-corrected chi connectivity index (χ1v) is 6.43. The minimum absolute atomic E-state index is 0.0821. The monoisotopic (exact) mass is 293 g/mol. The highest BCUT2D eigenvalue weighted by Gasteiger charge is 2.31. The van der Waals surface area contributed by atoms with Crippen molar-refractivity contribution in [1.82, 2.24) is 5.32 Å². The summed E-state index contributed by atoms with van der Waals surface area (Å²) in [6.45, 7) is 3.93. The highest BCUT2D eigenvalue weighted by molar-refractivity contribution is 5.26. The number of nitrogens with one attached hydrogen (secondary N) is 1. The number of benzene rings is 1. The van der Waals surface area contributed by atoms with Crippen molar-refractivity contribution in [2.75, 3.05) is 6.61 Å². The summed E-state index contributed by atoms with van der Waals surface area (Å²) in [5.74, 6) is -0.570. The van der Waals surface area contributed by atoms with Gasteiger partial charge in [-0.15, -0.1) is 0 Å². The van der Waals surface area contributed by atoms with Crippen LogP contribution in [0.3, 0.4) is 0 Å². The smallest absolute Gasteiger partial charge is 0.395 e. The van der Waals surface area contributed by atoms with E-state index in [0.717, 1.165) is 12.1 Å². The molecule has 0 amide bonds. The van der Waals surface area contributed by atoms with Gasteiger partial charge in [-0.05, 0) is 36.1 Å². The van der Waals surface area contributed by atoms with E-state index in [1.807, 2.05) is 13.8 Å². The molecule has 0 spiro atoms. The largest absolute Gasteiger partial charge is 0.416 e. The molecule has 0 saturated heterocycles. The number of hydrogen-bond donors (Lipinski definition) is 2. The van der Waals surface area contributed by atoms with E-state index in [1.54, 1.807) is 0 Å². The van der Waals surface area contributed by atoms with Crippen LogP contribution in [-0.2, 0) is 12.7 Å². The average Bonchev–Trinajstić information content (AvgIpc) is 2.32. The van der Waals surface area contributed by atoms with Crippen molar-refractivity contribution in [3.63, 3.8) is 0 Å². The molecular formula is C14H19F4NO. The summed E-state index contributed by atoms with van der Waals surface area (Å²) >= 11 is 0. The van der Waals surface area contributed by atoms with Crippen molar-refractivity contribution in [2.45, 2.75) is 39.0 Å². The molecule has 0 bridgehead atoms. The van der Waals surface area contributed by atoms with Crippen LogP contribution >= 0.6 is 0 Å². The fourth-order valence-electron chi connectivity index (χ4n) is 1.97. The molecule has 0 aliphatic carbocycles. The van der Waals surface area contributed by atoms with Crippen LogP contribution in [0, 0.1) is 11.7 Å². The number of rotatable bonds is 6. The molecule has 1 rings (SSSR count). The van der Waals surface area contributed by atoms with Gasteiger partial charge in [0.15, 0.2) is 0 Å². The molecule has 20 heavy (non-hydrogen) atoms. The second-order valence-electron chi connectivity index (χ2n) is 5.24. The number of halogens is 4. The first kappa shape index (κ1) is 16.9. The lowest BCUT2D eigenvalue weighted by Gasteiger charge is -2.18. The fraction of sp³-hybridized carbons (Fsp3) is 0.571. The van der Waals surface area contributed by atoms with Gasteiger partial charge in [-0.2, -0.15) is 13.2 Å². The van der Waals surface area contributed by atoms with Crippen molar-refractivity contribution in [1.29, 1.82) is 0 Å². The molecule has 6 heteroatoms. The molecule has 2 nitrogen and oxygen atoms in total. The number of aliphatic hydroxyl groups is 1. The minimum atomic E-state index is -4.56. The van der Waals surface area contributed by atoms with E-state index in [-0.39, 0.29) is 24.8 Å².